The van der Waals surface area contributed by atoms with E-state index >= 15 is 0 Å². The Labute approximate surface area is 124 Å². The van der Waals surface area contributed by atoms with Gasteiger partial charge in [0.2, 0.25) is 0 Å². The van der Waals surface area contributed by atoms with E-state index in [9.17, 15) is 0 Å². The number of hydrogen-bond donors (Lipinski definition) is 0. The predicted octanol–water partition coefficient (Wildman–Crippen LogP) is 5.38. The van der Waals surface area contributed by atoms with Crippen LogP contribution in [0.5, 0.6) is 0 Å². The van der Waals surface area contributed by atoms with Gasteiger partial charge in [-0.05, 0) is 30.7 Å². The van der Waals surface area contributed by atoms with Gasteiger partial charge in [-0.2, -0.15) is 0 Å². The predicted molar refractivity (Wildman–Crippen MR) is 87.5 cm³/mol. The Morgan fingerprint density at radius 2 is 1.80 bits per heavy atom. The molecule has 0 bridgehead atoms. The van der Waals surface area contributed by atoms with Crippen molar-refractivity contribution in [1.82, 2.24) is 4.90 Å². The Kier molecular flexibility index (Phi) is 5.70. The van der Waals surface area contributed by atoms with E-state index in [0.29, 0.717) is 12.0 Å². The molecule has 0 saturated heterocycles. The van der Waals surface area contributed by atoms with Crippen LogP contribution in [-0.2, 0) is 6.54 Å². The monoisotopic (exact) mass is 271 g/mol. The summed E-state index contributed by atoms with van der Waals surface area (Å²) in [6.45, 7) is 9.99. The van der Waals surface area contributed by atoms with E-state index in [1.807, 2.05) is 0 Å². The van der Waals surface area contributed by atoms with Gasteiger partial charge in [-0.25, -0.2) is 0 Å². The van der Waals surface area contributed by atoms with Crippen LogP contribution < -0.4 is 0 Å². The number of nitrogens with zero attached hydrogens (tertiary/aromatic N) is 1. The summed E-state index contributed by atoms with van der Waals surface area (Å²) in [7, 11) is 0. The van der Waals surface area contributed by atoms with Crippen LogP contribution in [0.1, 0.15) is 57.9 Å². The third kappa shape index (κ3) is 4.40. The van der Waals surface area contributed by atoms with Gasteiger partial charge in [0.15, 0.2) is 0 Å². The summed E-state index contributed by atoms with van der Waals surface area (Å²) in [6.07, 6.45) is 7.96. The lowest BCUT2D eigenvalue weighted by Crippen LogP contribution is -2.35. The molecule has 1 nitrogen and oxygen atoms in total. The van der Waals surface area contributed by atoms with E-state index in [0.717, 1.165) is 13.0 Å². The Hall–Kier alpha value is -1.24. The van der Waals surface area contributed by atoms with Crippen LogP contribution in [0.25, 0.3) is 0 Å². The lowest BCUT2D eigenvalue weighted by Gasteiger charge is -2.38. The first-order valence-corrected chi connectivity index (χ1v) is 8.15. The van der Waals surface area contributed by atoms with Crippen molar-refractivity contribution < 1.29 is 0 Å². The molecule has 110 valence electrons. The van der Waals surface area contributed by atoms with Crippen LogP contribution >= 0.6 is 0 Å². The highest BCUT2D eigenvalue weighted by atomic mass is 15.2. The minimum Gasteiger partial charge on any atom is -0.368 e. The maximum atomic E-state index is 4.39. The van der Waals surface area contributed by atoms with Gasteiger partial charge in [0.1, 0.15) is 0 Å². The second kappa shape index (κ2) is 7.52. The largest absolute Gasteiger partial charge is 0.368 e. The first-order chi connectivity index (χ1) is 9.66. The molecule has 0 amide bonds. The lowest BCUT2D eigenvalue weighted by atomic mass is 9.92. The highest BCUT2D eigenvalue weighted by Crippen LogP contribution is 2.28. The summed E-state index contributed by atoms with van der Waals surface area (Å²) < 4.78 is 0. The molecule has 2 rings (SSSR count). The van der Waals surface area contributed by atoms with Crippen molar-refractivity contribution in [2.75, 3.05) is 0 Å². The van der Waals surface area contributed by atoms with Crippen molar-refractivity contribution in [2.45, 2.75) is 65.0 Å². The molecule has 0 heterocycles. The van der Waals surface area contributed by atoms with Gasteiger partial charge in [0.25, 0.3) is 0 Å². The molecule has 0 N–H and O–H groups in total. The standard InChI is InChI=1S/C19H29N/c1-16(2)14-17(3)20(19-12-8-5-9-13-19)15-18-10-6-4-7-11-18/h4,6-7,10-11,16,19H,3,5,8-9,12-15H2,1-2H3. The number of benzene rings is 1. The van der Waals surface area contributed by atoms with E-state index in [1.54, 1.807) is 0 Å². The number of rotatable bonds is 6. The molecule has 1 aliphatic rings. The van der Waals surface area contributed by atoms with E-state index in [-0.39, 0.29) is 0 Å². The molecule has 1 aliphatic carbocycles. The maximum absolute atomic E-state index is 4.39. The average molecular weight is 271 g/mol. The van der Waals surface area contributed by atoms with Crippen LogP contribution in [0, 0.1) is 5.92 Å². The minimum absolute atomic E-state index is 0.685. The summed E-state index contributed by atoms with van der Waals surface area (Å²) in [5, 5.41) is 0. The van der Waals surface area contributed by atoms with Crippen LogP contribution in [0.2, 0.25) is 0 Å². The van der Waals surface area contributed by atoms with Crippen molar-refractivity contribution in [3.8, 4) is 0 Å². The van der Waals surface area contributed by atoms with E-state index in [4.69, 9.17) is 0 Å². The zero-order valence-corrected chi connectivity index (χ0v) is 13.1. The first-order valence-electron chi connectivity index (χ1n) is 8.15. The fraction of sp³-hybridized carbons (Fsp3) is 0.579. The van der Waals surface area contributed by atoms with Crippen molar-refractivity contribution in [2.24, 2.45) is 5.92 Å². The molecule has 1 aromatic carbocycles. The fourth-order valence-electron chi connectivity index (χ4n) is 3.26. The van der Waals surface area contributed by atoms with Crippen molar-refractivity contribution in [3.63, 3.8) is 0 Å². The van der Waals surface area contributed by atoms with Crippen LogP contribution in [-0.4, -0.2) is 10.9 Å². The van der Waals surface area contributed by atoms with Gasteiger partial charge >= 0.3 is 0 Å². The SMILES string of the molecule is C=C(CC(C)C)N(Cc1ccccc1)C1CCCCC1. The fourth-order valence-corrected chi connectivity index (χ4v) is 3.26. The second-order valence-corrected chi connectivity index (χ2v) is 6.57. The first kappa shape index (κ1) is 15.2. The van der Waals surface area contributed by atoms with E-state index < -0.39 is 0 Å². The molecule has 1 saturated carbocycles. The summed E-state index contributed by atoms with van der Waals surface area (Å²) in [5.74, 6) is 0.685. The van der Waals surface area contributed by atoms with Gasteiger partial charge in [0.05, 0.1) is 0 Å². The highest BCUT2D eigenvalue weighted by molar-refractivity contribution is 5.16. The minimum atomic E-state index is 0.685. The molecule has 0 radical (unpaired) electrons. The molecule has 1 aromatic rings. The summed E-state index contributed by atoms with van der Waals surface area (Å²) >= 11 is 0. The van der Waals surface area contributed by atoms with Crippen LogP contribution in [0.4, 0.5) is 0 Å². The zero-order chi connectivity index (χ0) is 14.4. The van der Waals surface area contributed by atoms with Gasteiger partial charge in [-0.1, -0.05) is 70.0 Å². The van der Waals surface area contributed by atoms with Gasteiger partial charge < -0.3 is 4.90 Å². The quantitative estimate of drug-likeness (QED) is 0.671. The molecule has 0 aromatic heterocycles. The van der Waals surface area contributed by atoms with E-state index in [2.05, 4.69) is 55.7 Å². The second-order valence-electron chi connectivity index (χ2n) is 6.57. The van der Waals surface area contributed by atoms with Crippen molar-refractivity contribution in [3.05, 3.63) is 48.2 Å². The lowest BCUT2D eigenvalue weighted by molar-refractivity contribution is 0.184. The van der Waals surface area contributed by atoms with Crippen molar-refractivity contribution >= 4 is 0 Å². The third-order valence-corrected chi connectivity index (χ3v) is 4.26. The molecule has 0 spiro atoms. The molecule has 0 unspecified atom stereocenters. The molecule has 0 aliphatic heterocycles. The molecule has 0 atom stereocenters. The van der Waals surface area contributed by atoms with Crippen molar-refractivity contribution in [1.29, 1.82) is 0 Å². The van der Waals surface area contributed by atoms with E-state index in [1.165, 1.54) is 43.4 Å². The Balaban J connectivity index is 2.08. The summed E-state index contributed by atoms with van der Waals surface area (Å²) in [5.41, 5.74) is 2.73. The zero-order valence-electron chi connectivity index (χ0n) is 13.1. The Morgan fingerprint density at radius 1 is 1.15 bits per heavy atom. The number of hydrogen-bond acceptors (Lipinski definition) is 1. The van der Waals surface area contributed by atoms with Gasteiger partial charge in [-0.3, -0.25) is 0 Å². The maximum Gasteiger partial charge on any atom is 0.0429 e. The topological polar surface area (TPSA) is 3.24 Å². The molecule has 1 fully saturated rings. The van der Waals surface area contributed by atoms with Gasteiger partial charge in [-0.15, -0.1) is 0 Å². The van der Waals surface area contributed by atoms with Gasteiger partial charge in [0, 0.05) is 18.3 Å². The highest BCUT2D eigenvalue weighted by Gasteiger charge is 2.22. The Morgan fingerprint density at radius 3 is 2.40 bits per heavy atom. The number of allylic oxidation sites excluding steroid dienone is 1. The van der Waals surface area contributed by atoms with Crippen LogP contribution in [0.3, 0.4) is 0 Å². The molecule has 1 heteroatoms. The molecule has 20 heavy (non-hydrogen) atoms. The Bertz CT molecular complexity index is 401. The molecular formula is C19H29N. The molecular weight excluding hydrogens is 242 g/mol. The normalized spacial score (nSPS) is 16.4. The average Bonchev–Trinajstić information content (AvgIpc) is 2.46. The van der Waals surface area contributed by atoms with Crippen LogP contribution in [0.15, 0.2) is 42.6 Å². The summed E-state index contributed by atoms with van der Waals surface area (Å²) in [6, 6.07) is 11.5. The third-order valence-electron chi connectivity index (χ3n) is 4.26. The smallest absolute Gasteiger partial charge is 0.0429 e. The summed E-state index contributed by atoms with van der Waals surface area (Å²) in [4.78, 5) is 2.59.